The molecule has 0 atom stereocenters. The van der Waals surface area contributed by atoms with Gasteiger partial charge in [0.15, 0.2) is 0 Å². The maximum absolute atomic E-state index is 12.1. The third-order valence-corrected chi connectivity index (χ3v) is 4.14. The van der Waals surface area contributed by atoms with Crippen LogP contribution in [0.4, 0.5) is 10.5 Å². The Labute approximate surface area is 140 Å². The van der Waals surface area contributed by atoms with Crippen molar-refractivity contribution in [2.24, 2.45) is 0 Å². The van der Waals surface area contributed by atoms with Gasteiger partial charge in [0.25, 0.3) is 5.24 Å². The van der Waals surface area contributed by atoms with Gasteiger partial charge in [0.05, 0.1) is 24.2 Å². The van der Waals surface area contributed by atoms with Crippen LogP contribution in [0.5, 0.6) is 5.75 Å². The van der Waals surface area contributed by atoms with E-state index in [4.69, 9.17) is 0 Å². The summed E-state index contributed by atoms with van der Waals surface area (Å²) in [6.45, 7) is -0.106. The van der Waals surface area contributed by atoms with E-state index in [9.17, 15) is 19.5 Å². The molecule has 0 bridgehead atoms. The van der Waals surface area contributed by atoms with Crippen molar-refractivity contribution in [1.29, 1.82) is 0 Å². The van der Waals surface area contributed by atoms with Gasteiger partial charge in [-0.15, -0.1) is 5.10 Å². The average Bonchev–Trinajstić information content (AvgIpc) is 3.09. The first-order valence-corrected chi connectivity index (χ1v) is 7.95. The predicted octanol–water partition coefficient (Wildman–Crippen LogP) is 0.818. The number of hydrogen-bond donors (Lipinski definition) is 2. The van der Waals surface area contributed by atoms with Gasteiger partial charge in [0.1, 0.15) is 12.3 Å². The summed E-state index contributed by atoms with van der Waals surface area (Å²) in [6.07, 6.45) is 1.41. The number of rotatable bonds is 5. The zero-order valence-electron chi connectivity index (χ0n) is 12.4. The highest BCUT2D eigenvalue weighted by Gasteiger charge is 2.30. The molecule has 1 aliphatic rings. The van der Waals surface area contributed by atoms with Gasteiger partial charge in [0.2, 0.25) is 11.8 Å². The zero-order valence-corrected chi connectivity index (χ0v) is 13.2. The number of phenols is 1. The normalized spacial score (nSPS) is 14.2. The molecule has 1 aromatic carbocycles. The van der Waals surface area contributed by atoms with Gasteiger partial charge in [0, 0.05) is 11.8 Å². The number of thioether (sulfide) groups is 1. The van der Waals surface area contributed by atoms with E-state index in [1.54, 1.807) is 12.1 Å². The van der Waals surface area contributed by atoms with Gasteiger partial charge in [-0.3, -0.25) is 19.3 Å². The van der Waals surface area contributed by atoms with Crippen molar-refractivity contribution in [3.63, 3.8) is 0 Å². The fourth-order valence-corrected chi connectivity index (χ4v) is 2.88. The molecule has 0 saturated carbocycles. The second kappa shape index (κ2) is 6.71. The molecule has 2 aromatic rings. The number of phenolic OH excluding ortho intramolecular Hbond substituents is 1. The van der Waals surface area contributed by atoms with E-state index in [0.29, 0.717) is 11.4 Å². The van der Waals surface area contributed by atoms with Gasteiger partial charge in [-0.25, -0.2) is 4.68 Å². The number of imide groups is 1. The maximum Gasteiger partial charge on any atom is 0.289 e. The number of benzene rings is 1. The molecular weight excluding hydrogens is 334 g/mol. The molecule has 124 valence electrons. The second-order valence-corrected chi connectivity index (χ2v) is 5.94. The quantitative estimate of drug-likeness (QED) is 0.822. The van der Waals surface area contributed by atoms with Crippen LogP contribution in [0.1, 0.15) is 5.69 Å². The Morgan fingerprint density at radius 3 is 2.92 bits per heavy atom. The summed E-state index contributed by atoms with van der Waals surface area (Å²) in [4.78, 5) is 36.5. The number of amides is 3. The van der Waals surface area contributed by atoms with Crippen LogP contribution < -0.4 is 5.32 Å². The predicted molar refractivity (Wildman–Crippen MR) is 85.2 cm³/mol. The smallest absolute Gasteiger partial charge is 0.289 e. The molecule has 9 nitrogen and oxygen atoms in total. The Hall–Kier alpha value is -2.88. The Kier molecular flexibility index (Phi) is 4.47. The molecule has 1 fully saturated rings. The molecule has 1 aliphatic heterocycles. The fourth-order valence-electron chi connectivity index (χ4n) is 2.15. The number of nitrogens with one attached hydrogen (secondary N) is 1. The molecule has 1 saturated heterocycles. The first-order valence-electron chi connectivity index (χ1n) is 6.96. The van der Waals surface area contributed by atoms with Crippen molar-refractivity contribution in [2.45, 2.75) is 13.1 Å². The Bertz CT molecular complexity index is 790. The van der Waals surface area contributed by atoms with Crippen LogP contribution in [0.3, 0.4) is 0 Å². The zero-order chi connectivity index (χ0) is 17.1. The van der Waals surface area contributed by atoms with Crippen LogP contribution in [0.2, 0.25) is 0 Å². The van der Waals surface area contributed by atoms with Gasteiger partial charge in [-0.05, 0) is 12.1 Å². The number of carbonyl (C=O) groups excluding carboxylic acids is 3. The minimum Gasteiger partial charge on any atom is -0.508 e. The summed E-state index contributed by atoms with van der Waals surface area (Å²) >= 11 is 0.943. The van der Waals surface area contributed by atoms with Crippen molar-refractivity contribution in [3.05, 3.63) is 36.2 Å². The van der Waals surface area contributed by atoms with E-state index in [-0.39, 0.29) is 41.6 Å². The number of aromatic nitrogens is 3. The van der Waals surface area contributed by atoms with Gasteiger partial charge < -0.3 is 10.4 Å². The standard InChI is InChI=1S/C14H13N5O4S/c20-11-3-1-2-9(4-11)16-12(21)7-19-10(5-15-17-19)6-18-13(22)8-24-14(18)23/h1-5,20H,6-8H2,(H,16,21). The van der Waals surface area contributed by atoms with Crippen molar-refractivity contribution in [3.8, 4) is 5.75 Å². The summed E-state index contributed by atoms with van der Waals surface area (Å²) in [5.41, 5.74) is 0.924. The van der Waals surface area contributed by atoms with Gasteiger partial charge in [-0.1, -0.05) is 23.0 Å². The second-order valence-electron chi connectivity index (χ2n) is 5.02. The molecular formula is C14H13N5O4S. The number of nitrogens with zero attached hydrogens (tertiary/aromatic N) is 4. The number of anilines is 1. The van der Waals surface area contributed by atoms with Crippen LogP contribution in [0.15, 0.2) is 30.5 Å². The topological polar surface area (TPSA) is 117 Å². The summed E-state index contributed by atoms with van der Waals surface area (Å²) in [7, 11) is 0. The molecule has 2 heterocycles. The van der Waals surface area contributed by atoms with Crippen molar-refractivity contribution in [1.82, 2.24) is 19.9 Å². The van der Waals surface area contributed by atoms with E-state index in [0.717, 1.165) is 16.7 Å². The Morgan fingerprint density at radius 1 is 1.38 bits per heavy atom. The molecule has 2 N–H and O–H groups in total. The van der Waals surface area contributed by atoms with E-state index in [1.807, 2.05) is 0 Å². The maximum atomic E-state index is 12.1. The molecule has 3 amide bonds. The highest BCUT2D eigenvalue weighted by atomic mass is 32.2. The van der Waals surface area contributed by atoms with E-state index in [2.05, 4.69) is 15.6 Å². The molecule has 0 radical (unpaired) electrons. The molecule has 24 heavy (non-hydrogen) atoms. The van der Waals surface area contributed by atoms with E-state index < -0.39 is 0 Å². The number of aromatic hydroxyl groups is 1. The highest BCUT2D eigenvalue weighted by Crippen LogP contribution is 2.21. The molecule has 10 heteroatoms. The number of hydrogen-bond acceptors (Lipinski definition) is 7. The van der Waals surface area contributed by atoms with Crippen LogP contribution in [0.25, 0.3) is 0 Å². The lowest BCUT2D eigenvalue weighted by Crippen LogP contribution is -2.30. The Balaban J connectivity index is 1.66. The van der Waals surface area contributed by atoms with Gasteiger partial charge >= 0.3 is 0 Å². The lowest BCUT2D eigenvalue weighted by Gasteiger charge is -2.13. The van der Waals surface area contributed by atoms with Crippen LogP contribution >= 0.6 is 11.8 Å². The summed E-state index contributed by atoms with van der Waals surface area (Å²) in [5, 5.41) is 19.2. The SMILES string of the molecule is O=C(Cn1nncc1CN1C(=O)CSC1=O)Nc1cccc(O)c1. The average molecular weight is 347 g/mol. The molecule has 3 rings (SSSR count). The minimum atomic E-state index is -0.374. The van der Waals surface area contributed by atoms with E-state index in [1.165, 1.54) is 23.0 Å². The summed E-state index contributed by atoms with van der Waals surface area (Å²) < 4.78 is 1.32. The molecule has 1 aromatic heterocycles. The minimum absolute atomic E-state index is 0.0249. The highest BCUT2D eigenvalue weighted by molar-refractivity contribution is 8.14. The monoisotopic (exact) mass is 347 g/mol. The lowest BCUT2D eigenvalue weighted by molar-refractivity contribution is -0.125. The first-order chi connectivity index (χ1) is 11.5. The van der Waals surface area contributed by atoms with Crippen LogP contribution in [-0.4, -0.2) is 47.8 Å². The first kappa shape index (κ1) is 16.0. The van der Waals surface area contributed by atoms with Crippen LogP contribution in [-0.2, 0) is 22.7 Å². The number of carbonyl (C=O) groups is 3. The van der Waals surface area contributed by atoms with Crippen molar-refractivity contribution < 1.29 is 19.5 Å². The molecule has 0 aliphatic carbocycles. The van der Waals surface area contributed by atoms with Crippen molar-refractivity contribution in [2.75, 3.05) is 11.1 Å². The fraction of sp³-hybridized carbons (Fsp3) is 0.214. The lowest BCUT2D eigenvalue weighted by atomic mass is 10.3. The molecule has 0 unspecified atom stereocenters. The summed E-state index contributed by atoms with van der Waals surface area (Å²) in [5.74, 6) is -0.487. The molecule has 0 spiro atoms. The third-order valence-electron chi connectivity index (χ3n) is 3.28. The summed E-state index contributed by atoms with van der Waals surface area (Å²) in [6, 6.07) is 6.15. The van der Waals surface area contributed by atoms with E-state index >= 15 is 0 Å². The largest absolute Gasteiger partial charge is 0.508 e. The van der Waals surface area contributed by atoms with Crippen LogP contribution in [0, 0.1) is 0 Å². The Morgan fingerprint density at radius 2 is 2.21 bits per heavy atom. The van der Waals surface area contributed by atoms with Crippen molar-refractivity contribution >= 4 is 34.5 Å². The van der Waals surface area contributed by atoms with Gasteiger partial charge in [-0.2, -0.15) is 0 Å². The third kappa shape index (κ3) is 3.54.